The van der Waals surface area contributed by atoms with Gasteiger partial charge >= 0.3 is 0 Å². The van der Waals surface area contributed by atoms with Crippen molar-refractivity contribution in [3.63, 3.8) is 0 Å². The fourth-order valence-corrected chi connectivity index (χ4v) is 2.38. The average molecular weight is 426 g/mol. The van der Waals surface area contributed by atoms with E-state index in [4.69, 9.17) is 4.74 Å². The topological polar surface area (TPSA) is 48.9 Å². The van der Waals surface area contributed by atoms with Crippen LogP contribution in [0.2, 0.25) is 0 Å². The Kier molecular flexibility index (Phi) is 12.3. The molecular formula is C16H35IN4O. The molecule has 1 aliphatic rings. The second kappa shape index (κ2) is 12.4. The molecule has 22 heavy (non-hydrogen) atoms. The summed E-state index contributed by atoms with van der Waals surface area (Å²) in [7, 11) is 2.14. The van der Waals surface area contributed by atoms with Crippen LogP contribution in [0, 0.1) is 5.92 Å². The number of aliphatic imine (C=N–C) groups is 1. The lowest BCUT2D eigenvalue weighted by Crippen LogP contribution is -2.44. The summed E-state index contributed by atoms with van der Waals surface area (Å²) in [5, 5.41) is 6.82. The molecule has 2 atom stereocenters. The Balaban J connectivity index is 0.00000441. The van der Waals surface area contributed by atoms with Gasteiger partial charge in [-0.25, -0.2) is 0 Å². The van der Waals surface area contributed by atoms with E-state index in [0.29, 0.717) is 6.04 Å². The first-order valence-corrected chi connectivity index (χ1v) is 8.36. The molecule has 6 heteroatoms. The fourth-order valence-electron chi connectivity index (χ4n) is 2.38. The largest absolute Gasteiger partial charge is 0.374 e. The predicted molar refractivity (Wildman–Crippen MR) is 105 cm³/mol. The van der Waals surface area contributed by atoms with E-state index in [-0.39, 0.29) is 30.1 Å². The fraction of sp³-hybridized carbons (Fsp3) is 0.938. The van der Waals surface area contributed by atoms with Crippen LogP contribution in [0.3, 0.4) is 0 Å². The summed E-state index contributed by atoms with van der Waals surface area (Å²) in [6, 6.07) is 0.445. The Morgan fingerprint density at radius 1 is 1.32 bits per heavy atom. The minimum Gasteiger partial charge on any atom is -0.374 e. The summed E-state index contributed by atoms with van der Waals surface area (Å²) in [4.78, 5) is 6.98. The van der Waals surface area contributed by atoms with E-state index in [0.717, 1.165) is 44.7 Å². The van der Waals surface area contributed by atoms with E-state index in [2.05, 4.69) is 55.3 Å². The number of hydrogen-bond donors (Lipinski definition) is 2. The molecule has 0 spiro atoms. The molecule has 0 aliphatic carbocycles. The molecule has 1 fully saturated rings. The van der Waals surface area contributed by atoms with Gasteiger partial charge in [-0.15, -0.1) is 24.0 Å². The number of nitrogens with one attached hydrogen (secondary N) is 2. The van der Waals surface area contributed by atoms with Crippen molar-refractivity contribution in [3.8, 4) is 0 Å². The van der Waals surface area contributed by atoms with Gasteiger partial charge in [0.25, 0.3) is 0 Å². The van der Waals surface area contributed by atoms with Gasteiger partial charge in [-0.2, -0.15) is 0 Å². The van der Waals surface area contributed by atoms with Gasteiger partial charge in [-0.3, -0.25) is 4.99 Å². The lowest BCUT2D eigenvalue weighted by molar-refractivity contribution is -0.0136. The summed E-state index contributed by atoms with van der Waals surface area (Å²) in [6.07, 6.45) is 2.62. The van der Waals surface area contributed by atoms with Crippen LogP contribution in [-0.2, 0) is 4.74 Å². The second-order valence-corrected chi connectivity index (χ2v) is 6.49. The number of morpholine rings is 1. The second-order valence-electron chi connectivity index (χ2n) is 6.49. The third-order valence-corrected chi connectivity index (χ3v) is 3.70. The number of halogens is 1. The lowest BCUT2D eigenvalue weighted by atomic mass is 10.0. The summed E-state index contributed by atoms with van der Waals surface area (Å²) in [5.41, 5.74) is 0. The molecule has 0 radical (unpaired) electrons. The molecule has 0 aromatic heterocycles. The van der Waals surface area contributed by atoms with E-state index >= 15 is 0 Å². The van der Waals surface area contributed by atoms with Crippen LogP contribution in [-0.4, -0.2) is 62.8 Å². The van der Waals surface area contributed by atoms with E-state index < -0.39 is 0 Å². The van der Waals surface area contributed by atoms with Crippen molar-refractivity contribution < 1.29 is 4.74 Å². The van der Waals surface area contributed by atoms with Gasteiger partial charge in [0.05, 0.1) is 19.3 Å². The Labute approximate surface area is 153 Å². The molecule has 0 aromatic rings. The average Bonchev–Trinajstić information content (AvgIpc) is 2.43. The zero-order valence-corrected chi connectivity index (χ0v) is 17.2. The molecule has 1 heterocycles. The van der Waals surface area contributed by atoms with E-state index in [1.165, 1.54) is 12.8 Å². The monoisotopic (exact) mass is 426 g/mol. The van der Waals surface area contributed by atoms with E-state index in [9.17, 15) is 0 Å². The summed E-state index contributed by atoms with van der Waals surface area (Å²) >= 11 is 0. The van der Waals surface area contributed by atoms with Gasteiger partial charge in [0.2, 0.25) is 0 Å². The number of guanidine groups is 1. The van der Waals surface area contributed by atoms with Crippen LogP contribution in [0.4, 0.5) is 0 Å². The van der Waals surface area contributed by atoms with Crippen LogP contribution >= 0.6 is 24.0 Å². The SMILES string of the molecule is CCNC(=NCC1CN(C)CCO1)NC(C)CCC(C)C.I. The highest BCUT2D eigenvalue weighted by molar-refractivity contribution is 14.0. The first-order chi connectivity index (χ1) is 10.0. The maximum atomic E-state index is 5.76. The molecule has 2 N–H and O–H groups in total. The summed E-state index contributed by atoms with van der Waals surface area (Å²) in [5.74, 6) is 1.66. The predicted octanol–water partition coefficient (Wildman–Crippen LogP) is 2.31. The molecule has 0 amide bonds. The Morgan fingerprint density at radius 2 is 2.05 bits per heavy atom. The molecule has 132 valence electrons. The quantitative estimate of drug-likeness (QED) is 0.373. The molecule has 1 aliphatic heterocycles. The maximum absolute atomic E-state index is 5.76. The van der Waals surface area contributed by atoms with Crippen molar-refractivity contribution >= 4 is 29.9 Å². The molecule has 2 unspecified atom stereocenters. The van der Waals surface area contributed by atoms with Crippen molar-refractivity contribution in [1.82, 2.24) is 15.5 Å². The number of nitrogens with zero attached hydrogens (tertiary/aromatic N) is 2. The summed E-state index contributed by atoms with van der Waals surface area (Å²) in [6.45, 7) is 13.2. The highest BCUT2D eigenvalue weighted by atomic mass is 127. The minimum atomic E-state index is 0. The zero-order valence-electron chi connectivity index (χ0n) is 14.9. The Morgan fingerprint density at radius 3 is 2.64 bits per heavy atom. The highest BCUT2D eigenvalue weighted by Gasteiger charge is 2.17. The maximum Gasteiger partial charge on any atom is 0.191 e. The number of rotatable bonds is 7. The van der Waals surface area contributed by atoms with Crippen molar-refractivity contribution in [2.45, 2.75) is 52.7 Å². The molecule has 1 saturated heterocycles. The number of ether oxygens (including phenoxy) is 1. The van der Waals surface area contributed by atoms with Gasteiger partial charge in [0.1, 0.15) is 0 Å². The molecule has 5 nitrogen and oxygen atoms in total. The van der Waals surface area contributed by atoms with Crippen molar-refractivity contribution in [1.29, 1.82) is 0 Å². The normalized spacial score (nSPS) is 21.4. The molecule has 1 rings (SSSR count). The number of hydrogen-bond acceptors (Lipinski definition) is 3. The smallest absolute Gasteiger partial charge is 0.191 e. The van der Waals surface area contributed by atoms with Gasteiger partial charge < -0.3 is 20.3 Å². The zero-order chi connectivity index (χ0) is 15.7. The van der Waals surface area contributed by atoms with Gasteiger partial charge in [0.15, 0.2) is 5.96 Å². The standard InChI is InChI=1S/C16H34N4O.HI/c1-6-17-16(19-14(4)8-7-13(2)3)18-11-15-12-20(5)9-10-21-15;/h13-15H,6-12H2,1-5H3,(H2,17,18,19);1H. The minimum absolute atomic E-state index is 0. The van der Waals surface area contributed by atoms with Gasteiger partial charge in [-0.1, -0.05) is 13.8 Å². The third kappa shape index (κ3) is 9.84. The van der Waals surface area contributed by atoms with Crippen LogP contribution in [0.25, 0.3) is 0 Å². The van der Waals surface area contributed by atoms with Crippen LogP contribution in [0.15, 0.2) is 4.99 Å². The van der Waals surface area contributed by atoms with E-state index in [1.807, 2.05) is 0 Å². The molecular weight excluding hydrogens is 391 g/mol. The summed E-state index contributed by atoms with van der Waals surface area (Å²) < 4.78 is 5.76. The highest BCUT2D eigenvalue weighted by Crippen LogP contribution is 2.06. The van der Waals surface area contributed by atoms with E-state index in [1.54, 1.807) is 0 Å². The van der Waals surface area contributed by atoms with Crippen molar-refractivity contribution in [2.24, 2.45) is 10.9 Å². The number of likely N-dealkylation sites (N-methyl/N-ethyl adjacent to an activating group) is 1. The van der Waals surface area contributed by atoms with Gasteiger partial charge in [-0.05, 0) is 39.7 Å². The van der Waals surface area contributed by atoms with Crippen LogP contribution < -0.4 is 10.6 Å². The van der Waals surface area contributed by atoms with Crippen molar-refractivity contribution in [3.05, 3.63) is 0 Å². The van der Waals surface area contributed by atoms with Crippen LogP contribution in [0.5, 0.6) is 0 Å². The third-order valence-electron chi connectivity index (χ3n) is 3.70. The first-order valence-electron chi connectivity index (χ1n) is 8.36. The lowest BCUT2D eigenvalue weighted by Gasteiger charge is -2.29. The van der Waals surface area contributed by atoms with Crippen LogP contribution in [0.1, 0.15) is 40.5 Å². The molecule has 0 aromatic carbocycles. The van der Waals surface area contributed by atoms with Crippen molar-refractivity contribution in [2.75, 3.05) is 39.8 Å². The molecule has 0 saturated carbocycles. The Bertz CT molecular complexity index is 313. The Hall–Kier alpha value is -0.0800. The van der Waals surface area contributed by atoms with Gasteiger partial charge in [0, 0.05) is 25.7 Å². The first kappa shape index (κ1) is 21.9. The molecule has 0 bridgehead atoms.